The van der Waals surface area contributed by atoms with Crippen LogP contribution in [-0.4, -0.2) is 10.1 Å². The van der Waals surface area contributed by atoms with E-state index in [0.29, 0.717) is 26.6 Å². The van der Waals surface area contributed by atoms with E-state index < -0.39 is 0 Å². The lowest BCUT2D eigenvalue weighted by atomic mass is 10.0. The number of nitrogens with zero attached hydrogens (tertiary/aromatic N) is 2. The molecule has 0 aliphatic carbocycles. The summed E-state index contributed by atoms with van der Waals surface area (Å²) in [7, 11) is 0. The van der Waals surface area contributed by atoms with E-state index in [-0.39, 0.29) is 0 Å². The van der Waals surface area contributed by atoms with Crippen LogP contribution in [0.25, 0.3) is 22.5 Å². The first-order valence-electron chi connectivity index (χ1n) is 5.69. The molecule has 0 unspecified atom stereocenters. The van der Waals surface area contributed by atoms with Crippen LogP contribution in [0.4, 0.5) is 5.13 Å². The van der Waals surface area contributed by atoms with E-state index in [1.54, 1.807) is 18.2 Å². The number of thiazole rings is 1. The van der Waals surface area contributed by atoms with Crippen molar-refractivity contribution < 1.29 is 4.52 Å². The van der Waals surface area contributed by atoms with E-state index >= 15 is 0 Å². The summed E-state index contributed by atoms with van der Waals surface area (Å²) in [5.41, 5.74) is 8.59. The normalized spacial score (nSPS) is 10.9. The van der Waals surface area contributed by atoms with Crippen molar-refractivity contribution in [1.82, 2.24) is 10.1 Å². The summed E-state index contributed by atoms with van der Waals surface area (Å²) in [5, 5.41) is 7.52. The third kappa shape index (κ3) is 2.28. The zero-order valence-electron chi connectivity index (χ0n) is 10.4. The molecule has 0 radical (unpaired) electrons. The van der Waals surface area contributed by atoms with Gasteiger partial charge in [0.25, 0.3) is 0 Å². The molecule has 1 aromatic carbocycles. The second-order valence-corrected chi connectivity index (χ2v) is 5.89. The van der Waals surface area contributed by atoms with E-state index in [1.165, 1.54) is 11.3 Å². The van der Waals surface area contributed by atoms with Crippen LogP contribution in [-0.2, 0) is 0 Å². The Hall–Kier alpha value is -1.56. The molecule has 0 bridgehead atoms. The molecule has 4 nitrogen and oxygen atoms in total. The molecule has 0 amide bonds. The van der Waals surface area contributed by atoms with Gasteiger partial charge in [-0.05, 0) is 25.1 Å². The fourth-order valence-electron chi connectivity index (χ4n) is 1.94. The molecule has 2 aromatic heterocycles. The van der Waals surface area contributed by atoms with Crippen LogP contribution in [0, 0.1) is 6.92 Å². The first-order chi connectivity index (χ1) is 9.56. The summed E-state index contributed by atoms with van der Waals surface area (Å²) in [6, 6.07) is 5.23. The number of rotatable bonds is 2. The van der Waals surface area contributed by atoms with Gasteiger partial charge in [-0.3, -0.25) is 0 Å². The van der Waals surface area contributed by atoms with Crippen molar-refractivity contribution in [2.75, 3.05) is 5.73 Å². The second-order valence-electron chi connectivity index (χ2n) is 4.16. The maximum atomic E-state index is 6.23. The average Bonchev–Trinajstić information content (AvgIpc) is 2.96. The lowest BCUT2D eigenvalue weighted by molar-refractivity contribution is 0.400. The van der Waals surface area contributed by atoms with Gasteiger partial charge in [0.2, 0.25) is 0 Å². The quantitative estimate of drug-likeness (QED) is 0.744. The SMILES string of the molecule is Cc1onc(-c2ccc(Cl)cc2Cl)c1-c1csc(N)n1. The number of aryl methyl sites for hydroxylation is 1. The fraction of sp³-hybridized carbons (Fsp3) is 0.0769. The van der Waals surface area contributed by atoms with Crippen LogP contribution in [0.2, 0.25) is 10.0 Å². The van der Waals surface area contributed by atoms with Crippen molar-refractivity contribution in [3.05, 3.63) is 39.4 Å². The molecule has 0 aliphatic rings. The number of aromatic nitrogens is 2. The van der Waals surface area contributed by atoms with Crippen molar-refractivity contribution >= 4 is 39.7 Å². The van der Waals surface area contributed by atoms with Crippen molar-refractivity contribution in [2.45, 2.75) is 6.92 Å². The molecule has 3 rings (SSSR count). The van der Waals surface area contributed by atoms with E-state index in [4.69, 9.17) is 33.5 Å². The second kappa shape index (κ2) is 5.09. The molecule has 2 N–H and O–H groups in total. The monoisotopic (exact) mass is 325 g/mol. The van der Waals surface area contributed by atoms with E-state index in [2.05, 4.69) is 10.1 Å². The summed E-state index contributed by atoms with van der Waals surface area (Å²) < 4.78 is 5.28. The Labute approximate surface area is 129 Å². The fourth-order valence-corrected chi connectivity index (χ4v) is 2.99. The molecular formula is C13H9Cl2N3OS. The summed E-state index contributed by atoms with van der Waals surface area (Å²) in [4.78, 5) is 4.27. The summed E-state index contributed by atoms with van der Waals surface area (Å²) in [5.74, 6) is 0.663. The van der Waals surface area contributed by atoms with Gasteiger partial charge in [0, 0.05) is 16.0 Å². The van der Waals surface area contributed by atoms with E-state index in [1.807, 2.05) is 12.3 Å². The molecule has 0 aliphatic heterocycles. The topological polar surface area (TPSA) is 64.9 Å². The Morgan fingerprint density at radius 1 is 1.30 bits per heavy atom. The van der Waals surface area contributed by atoms with Gasteiger partial charge in [-0.1, -0.05) is 28.4 Å². The van der Waals surface area contributed by atoms with Gasteiger partial charge in [-0.25, -0.2) is 4.98 Å². The predicted octanol–water partition coefficient (Wildman–Crippen LogP) is 4.66. The smallest absolute Gasteiger partial charge is 0.180 e. The van der Waals surface area contributed by atoms with Crippen LogP contribution in [0.5, 0.6) is 0 Å². The highest BCUT2D eigenvalue weighted by atomic mass is 35.5. The highest BCUT2D eigenvalue weighted by molar-refractivity contribution is 7.13. The van der Waals surface area contributed by atoms with Crippen LogP contribution < -0.4 is 5.73 Å². The van der Waals surface area contributed by atoms with E-state index in [0.717, 1.165) is 16.8 Å². The van der Waals surface area contributed by atoms with Crippen molar-refractivity contribution in [3.63, 3.8) is 0 Å². The standard InChI is InChI=1S/C13H9Cl2N3OS/c1-6-11(10-5-20-13(16)17-10)12(18-19-6)8-3-2-7(14)4-9(8)15/h2-5H,1H3,(H2,16,17). The number of halogens is 2. The molecule has 0 saturated carbocycles. The minimum absolute atomic E-state index is 0.494. The van der Waals surface area contributed by atoms with Crippen LogP contribution >= 0.6 is 34.5 Å². The summed E-state index contributed by atoms with van der Waals surface area (Å²) >= 11 is 13.5. The minimum Gasteiger partial charge on any atom is -0.375 e. The molecular weight excluding hydrogens is 317 g/mol. The van der Waals surface area contributed by atoms with E-state index in [9.17, 15) is 0 Å². The molecule has 2 heterocycles. The lowest BCUT2D eigenvalue weighted by Gasteiger charge is -2.03. The van der Waals surface area contributed by atoms with Crippen LogP contribution in [0.3, 0.4) is 0 Å². The number of benzene rings is 1. The lowest BCUT2D eigenvalue weighted by Crippen LogP contribution is -1.87. The molecule has 0 saturated heterocycles. The molecule has 20 heavy (non-hydrogen) atoms. The van der Waals surface area contributed by atoms with Gasteiger partial charge in [0.05, 0.1) is 16.3 Å². The number of nitrogen functional groups attached to an aromatic ring is 1. The maximum Gasteiger partial charge on any atom is 0.180 e. The third-order valence-corrected chi connectivity index (χ3v) is 4.05. The summed E-state index contributed by atoms with van der Waals surface area (Å²) in [6.07, 6.45) is 0. The largest absolute Gasteiger partial charge is 0.375 e. The van der Waals surface area contributed by atoms with Crippen LogP contribution in [0.1, 0.15) is 5.76 Å². The van der Waals surface area contributed by atoms with Gasteiger partial charge in [0.1, 0.15) is 11.5 Å². The first kappa shape index (κ1) is 13.4. The molecule has 7 heteroatoms. The Morgan fingerprint density at radius 3 is 2.75 bits per heavy atom. The van der Waals surface area contributed by atoms with Gasteiger partial charge in [0.15, 0.2) is 5.13 Å². The highest BCUT2D eigenvalue weighted by Gasteiger charge is 2.20. The summed E-state index contributed by atoms with van der Waals surface area (Å²) in [6.45, 7) is 1.82. The molecule has 0 atom stereocenters. The maximum absolute atomic E-state index is 6.23. The first-order valence-corrected chi connectivity index (χ1v) is 7.33. The van der Waals surface area contributed by atoms with Gasteiger partial charge in [-0.2, -0.15) is 0 Å². The zero-order chi connectivity index (χ0) is 14.3. The molecule has 102 valence electrons. The molecule has 0 fully saturated rings. The Balaban J connectivity index is 2.20. The van der Waals surface area contributed by atoms with Crippen molar-refractivity contribution in [2.24, 2.45) is 0 Å². The van der Waals surface area contributed by atoms with Crippen molar-refractivity contribution in [3.8, 4) is 22.5 Å². The van der Waals surface area contributed by atoms with Crippen LogP contribution in [0.15, 0.2) is 28.1 Å². The third-order valence-electron chi connectivity index (χ3n) is 2.83. The van der Waals surface area contributed by atoms with Gasteiger partial charge >= 0.3 is 0 Å². The minimum atomic E-state index is 0.494. The number of hydrogen-bond acceptors (Lipinski definition) is 5. The average molecular weight is 326 g/mol. The molecule has 0 spiro atoms. The van der Waals surface area contributed by atoms with Crippen molar-refractivity contribution in [1.29, 1.82) is 0 Å². The highest BCUT2D eigenvalue weighted by Crippen LogP contribution is 2.38. The Bertz CT molecular complexity index is 782. The Kier molecular flexibility index (Phi) is 3.41. The van der Waals surface area contributed by atoms with Gasteiger partial charge < -0.3 is 10.3 Å². The molecule has 3 aromatic rings. The predicted molar refractivity (Wildman–Crippen MR) is 82.2 cm³/mol. The number of anilines is 1. The number of nitrogens with two attached hydrogens (primary N) is 1. The zero-order valence-corrected chi connectivity index (χ0v) is 12.7. The number of hydrogen-bond donors (Lipinski definition) is 1. The van der Waals surface area contributed by atoms with Gasteiger partial charge in [-0.15, -0.1) is 11.3 Å². The Morgan fingerprint density at radius 2 is 2.10 bits per heavy atom.